The monoisotopic (exact) mass is 279 g/mol. The van der Waals surface area contributed by atoms with E-state index in [0.29, 0.717) is 13.1 Å². The average molecular weight is 280 g/mol. The predicted octanol–water partition coefficient (Wildman–Crippen LogP) is 2.00. The van der Waals surface area contributed by atoms with Gasteiger partial charge in [-0.05, 0) is 20.8 Å². The van der Waals surface area contributed by atoms with Crippen molar-refractivity contribution in [3.63, 3.8) is 0 Å². The maximum absolute atomic E-state index is 11.9. The summed E-state index contributed by atoms with van der Waals surface area (Å²) >= 11 is 0. The van der Waals surface area contributed by atoms with Crippen molar-refractivity contribution in [2.24, 2.45) is 0 Å². The zero-order valence-corrected chi connectivity index (χ0v) is 11.4. The summed E-state index contributed by atoms with van der Waals surface area (Å²) in [4.78, 5) is 13.3. The minimum absolute atomic E-state index is 0.00887. The summed E-state index contributed by atoms with van der Waals surface area (Å²) in [6.07, 6.45) is 0. The number of carbonyl (C=O) groups excluding carboxylic acids is 1. The van der Waals surface area contributed by atoms with Gasteiger partial charge in [0.1, 0.15) is 10.7 Å². The molecule has 0 aliphatic rings. The highest BCUT2D eigenvalue weighted by Gasteiger charge is 2.24. The minimum atomic E-state index is -3.88. The molecule has 0 aliphatic heterocycles. The van der Waals surface area contributed by atoms with Gasteiger partial charge in [0.2, 0.25) is 0 Å². The van der Waals surface area contributed by atoms with E-state index in [1.54, 1.807) is 0 Å². The van der Waals surface area contributed by atoms with E-state index >= 15 is 0 Å². The summed E-state index contributed by atoms with van der Waals surface area (Å²) in [5, 5.41) is 0. The Bertz CT molecular complexity index is 516. The fourth-order valence-corrected chi connectivity index (χ4v) is 2.57. The van der Waals surface area contributed by atoms with E-state index in [4.69, 9.17) is 15.1 Å². The number of hydrogen-bond donors (Lipinski definition) is 0. The van der Waals surface area contributed by atoms with Gasteiger partial charge in [-0.2, -0.15) is 0 Å². The normalized spacial score (nSPS) is 11.5. The Hall–Kier alpha value is -1.01. The molecule has 0 saturated heterocycles. The standard InChI is InChI=1S/C10H14ClNO4S/c1-4-12(5-2)10(13)8-6-9(7(3)16-8)17(11,14)15/h6H,4-5H2,1-3H3. The van der Waals surface area contributed by atoms with Crippen LogP contribution in [0.1, 0.15) is 30.2 Å². The highest BCUT2D eigenvalue weighted by Crippen LogP contribution is 2.24. The fourth-order valence-electron chi connectivity index (χ4n) is 1.48. The SMILES string of the molecule is CCN(CC)C(=O)c1cc(S(=O)(=O)Cl)c(C)o1. The maximum Gasteiger partial charge on any atom is 0.289 e. The molecule has 0 saturated carbocycles. The van der Waals surface area contributed by atoms with Crippen molar-refractivity contribution < 1.29 is 17.6 Å². The topological polar surface area (TPSA) is 67.6 Å². The minimum Gasteiger partial charge on any atom is -0.455 e. The molecule has 0 N–H and O–H groups in total. The van der Waals surface area contributed by atoms with Gasteiger partial charge in [-0.1, -0.05) is 0 Å². The van der Waals surface area contributed by atoms with Gasteiger partial charge in [0.15, 0.2) is 5.76 Å². The summed E-state index contributed by atoms with van der Waals surface area (Å²) < 4.78 is 27.5. The number of rotatable bonds is 4. The van der Waals surface area contributed by atoms with Crippen molar-refractivity contribution in [1.82, 2.24) is 4.90 Å². The highest BCUT2D eigenvalue weighted by molar-refractivity contribution is 8.13. The molecule has 0 unspecified atom stereocenters. The van der Waals surface area contributed by atoms with Gasteiger partial charge in [-0.3, -0.25) is 4.79 Å². The van der Waals surface area contributed by atoms with Crippen LogP contribution in [0, 0.1) is 6.92 Å². The summed E-state index contributed by atoms with van der Waals surface area (Å²) in [6, 6.07) is 1.16. The van der Waals surface area contributed by atoms with Crippen LogP contribution in [0.25, 0.3) is 0 Å². The van der Waals surface area contributed by atoms with Crippen LogP contribution in [-0.4, -0.2) is 32.3 Å². The van der Waals surface area contributed by atoms with E-state index < -0.39 is 9.05 Å². The molecule has 1 rings (SSSR count). The molecule has 0 atom stereocenters. The molecular formula is C10H14ClNO4S. The van der Waals surface area contributed by atoms with Gasteiger partial charge in [0.05, 0.1) is 0 Å². The van der Waals surface area contributed by atoms with Gasteiger partial charge >= 0.3 is 0 Å². The zero-order chi connectivity index (χ0) is 13.2. The van der Waals surface area contributed by atoms with Crippen LogP contribution in [0.15, 0.2) is 15.4 Å². The van der Waals surface area contributed by atoms with E-state index in [2.05, 4.69) is 0 Å². The Morgan fingerprint density at radius 1 is 1.41 bits per heavy atom. The van der Waals surface area contributed by atoms with Gasteiger partial charge < -0.3 is 9.32 Å². The molecule has 0 fully saturated rings. The third-order valence-corrected chi connectivity index (χ3v) is 3.83. The molecule has 96 valence electrons. The van der Waals surface area contributed by atoms with E-state index in [9.17, 15) is 13.2 Å². The summed E-state index contributed by atoms with van der Waals surface area (Å²) in [6.45, 7) is 6.16. The second-order valence-corrected chi connectivity index (χ2v) is 5.98. The second kappa shape index (κ2) is 5.10. The Kier molecular flexibility index (Phi) is 4.21. The molecule has 0 aromatic carbocycles. The first-order chi connectivity index (χ1) is 7.81. The lowest BCUT2D eigenvalue weighted by Gasteiger charge is -2.16. The van der Waals surface area contributed by atoms with Crippen molar-refractivity contribution >= 4 is 25.6 Å². The van der Waals surface area contributed by atoms with Crippen LogP contribution in [0.3, 0.4) is 0 Å². The third kappa shape index (κ3) is 3.01. The molecule has 1 aromatic heterocycles. The van der Waals surface area contributed by atoms with Gasteiger partial charge in [0, 0.05) is 29.8 Å². The molecule has 1 heterocycles. The lowest BCUT2D eigenvalue weighted by Crippen LogP contribution is -2.30. The van der Waals surface area contributed by atoms with E-state index in [1.807, 2.05) is 13.8 Å². The number of halogens is 1. The van der Waals surface area contributed by atoms with E-state index in [1.165, 1.54) is 17.9 Å². The molecule has 0 spiro atoms. The lowest BCUT2D eigenvalue weighted by molar-refractivity contribution is 0.0739. The number of carbonyl (C=O) groups is 1. The smallest absolute Gasteiger partial charge is 0.289 e. The number of hydrogen-bond acceptors (Lipinski definition) is 4. The number of nitrogens with zero attached hydrogens (tertiary/aromatic N) is 1. The van der Waals surface area contributed by atoms with Crippen molar-refractivity contribution in [3.05, 3.63) is 17.6 Å². The Balaban J connectivity index is 3.14. The molecule has 5 nitrogen and oxygen atoms in total. The number of aryl methyl sites for hydroxylation is 1. The van der Waals surface area contributed by atoms with Crippen LogP contribution < -0.4 is 0 Å². The predicted molar refractivity (Wildman–Crippen MR) is 63.7 cm³/mol. The van der Waals surface area contributed by atoms with Crippen LogP contribution in [0.2, 0.25) is 0 Å². The molecule has 1 amide bonds. The quantitative estimate of drug-likeness (QED) is 0.791. The lowest BCUT2D eigenvalue weighted by atomic mass is 10.3. The van der Waals surface area contributed by atoms with Crippen molar-refractivity contribution in [1.29, 1.82) is 0 Å². The molecule has 17 heavy (non-hydrogen) atoms. The van der Waals surface area contributed by atoms with Crippen LogP contribution in [0.4, 0.5) is 0 Å². The van der Waals surface area contributed by atoms with E-state index in [-0.39, 0.29) is 22.3 Å². The molecule has 7 heteroatoms. The summed E-state index contributed by atoms with van der Waals surface area (Å²) in [5.74, 6) is -0.231. The number of amides is 1. The van der Waals surface area contributed by atoms with Gasteiger partial charge in [-0.15, -0.1) is 0 Å². The first-order valence-electron chi connectivity index (χ1n) is 5.15. The first-order valence-corrected chi connectivity index (χ1v) is 7.46. The highest BCUT2D eigenvalue weighted by atomic mass is 35.7. The first kappa shape index (κ1) is 14.1. The second-order valence-electron chi connectivity index (χ2n) is 3.45. The molecule has 0 bridgehead atoms. The Morgan fingerprint density at radius 2 is 1.94 bits per heavy atom. The summed E-state index contributed by atoms with van der Waals surface area (Å²) in [7, 11) is 1.34. The van der Waals surface area contributed by atoms with Gasteiger partial charge in [0.25, 0.3) is 15.0 Å². The Morgan fingerprint density at radius 3 is 2.29 bits per heavy atom. The zero-order valence-electron chi connectivity index (χ0n) is 9.86. The van der Waals surface area contributed by atoms with Crippen LogP contribution >= 0.6 is 10.7 Å². The largest absolute Gasteiger partial charge is 0.455 e. The molecule has 1 aromatic rings. The third-order valence-electron chi connectivity index (χ3n) is 2.40. The molecule has 0 aliphatic carbocycles. The van der Waals surface area contributed by atoms with Crippen molar-refractivity contribution in [3.8, 4) is 0 Å². The van der Waals surface area contributed by atoms with E-state index in [0.717, 1.165) is 0 Å². The molecular weight excluding hydrogens is 266 g/mol. The van der Waals surface area contributed by atoms with Crippen LogP contribution in [0.5, 0.6) is 0 Å². The van der Waals surface area contributed by atoms with Gasteiger partial charge in [-0.25, -0.2) is 8.42 Å². The number of furan rings is 1. The van der Waals surface area contributed by atoms with Crippen LogP contribution in [-0.2, 0) is 9.05 Å². The Labute approximate surface area is 105 Å². The average Bonchev–Trinajstić information content (AvgIpc) is 2.61. The maximum atomic E-state index is 11.9. The summed E-state index contributed by atoms with van der Waals surface area (Å²) in [5.41, 5.74) is 0. The van der Waals surface area contributed by atoms with Crippen molar-refractivity contribution in [2.75, 3.05) is 13.1 Å². The van der Waals surface area contributed by atoms with Crippen molar-refractivity contribution in [2.45, 2.75) is 25.7 Å². The molecule has 0 radical (unpaired) electrons. The fraction of sp³-hybridized carbons (Fsp3) is 0.500.